The minimum Gasteiger partial charge on any atom is -0.187 e. The van der Waals surface area contributed by atoms with E-state index in [0.29, 0.717) is 23.7 Å². The molecular formula is C25H31N3. The van der Waals surface area contributed by atoms with Crippen molar-refractivity contribution in [3.63, 3.8) is 0 Å². The van der Waals surface area contributed by atoms with E-state index in [1.54, 1.807) is 21.5 Å². The minimum atomic E-state index is 0.324. The molecule has 3 nitrogen and oxygen atoms in total. The highest BCUT2D eigenvalue weighted by molar-refractivity contribution is 5.91. The van der Waals surface area contributed by atoms with Gasteiger partial charge in [0.15, 0.2) is 0 Å². The summed E-state index contributed by atoms with van der Waals surface area (Å²) >= 11 is 0. The van der Waals surface area contributed by atoms with E-state index in [9.17, 15) is 0 Å². The molecule has 4 aliphatic rings. The summed E-state index contributed by atoms with van der Waals surface area (Å²) in [5, 5.41) is 9.82. The number of aromatic nitrogens is 3. The lowest BCUT2D eigenvalue weighted by Crippen LogP contribution is -2.36. The maximum absolute atomic E-state index is 4.92. The first kappa shape index (κ1) is 17.9. The van der Waals surface area contributed by atoms with Crippen LogP contribution < -0.4 is 0 Å². The third-order valence-corrected chi connectivity index (χ3v) is 8.45. The highest BCUT2D eigenvalue weighted by Crippen LogP contribution is 2.62. The molecular weight excluding hydrogens is 342 g/mol. The minimum absolute atomic E-state index is 0.324. The zero-order chi connectivity index (χ0) is 20.2. The predicted octanol–water partition coefficient (Wildman–Crippen LogP) is 5.90. The summed E-state index contributed by atoms with van der Waals surface area (Å²) in [6.45, 7) is 18.8. The molecule has 5 rings (SSSR count). The van der Waals surface area contributed by atoms with Gasteiger partial charge in [-0.3, -0.25) is 0 Å². The van der Waals surface area contributed by atoms with Gasteiger partial charge < -0.3 is 0 Å². The Morgan fingerprint density at radius 1 is 0.643 bits per heavy atom. The lowest BCUT2D eigenvalue weighted by Gasteiger charge is -2.48. The fraction of sp³-hybridized carbons (Fsp3) is 0.520. The summed E-state index contributed by atoms with van der Waals surface area (Å²) in [4.78, 5) is 1.78. The van der Waals surface area contributed by atoms with Crippen molar-refractivity contribution in [2.75, 3.05) is 0 Å². The van der Waals surface area contributed by atoms with E-state index in [-0.39, 0.29) is 0 Å². The van der Waals surface area contributed by atoms with Gasteiger partial charge in [0.1, 0.15) is 5.69 Å². The largest absolute Gasteiger partial charge is 0.187 e. The van der Waals surface area contributed by atoms with Gasteiger partial charge in [0.05, 0.1) is 5.69 Å². The maximum Gasteiger partial charge on any atom is 0.117 e. The maximum atomic E-state index is 4.92. The number of nitrogens with zero attached hydrogens (tertiary/aromatic N) is 3. The van der Waals surface area contributed by atoms with Gasteiger partial charge in [0.25, 0.3) is 0 Å². The van der Waals surface area contributed by atoms with Crippen LogP contribution in [-0.4, -0.2) is 15.0 Å². The molecule has 0 amide bonds. The number of allylic oxidation sites excluding steroid dienone is 10. The quantitative estimate of drug-likeness (QED) is 0.567. The number of hydrogen-bond acceptors (Lipinski definition) is 2. The average molecular weight is 374 g/mol. The zero-order valence-electron chi connectivity index (χ0n) is 18.7. The molecule has 3 heteroatoms. The fourth-order valence-corrected chi connectivity index (χ4v) is 6.39. The van der Waals surface area contributed by atoms with E-state index in [1.807, 2.05) is 7.05 Å². The molecule has 0 saturated carbocycles. The Kier molecular flexibility index (Phi) is 3.49. The van der Waals surface area contributed by atoms with E-state index in [4.69, 9.17) is 10.2 Å². The molecule has 1 aromatic rings. The van der Waals surface area contributed by atoms with Gasteiger partial charge in [-0.1, -0.05) is 30.6 Å². The van der Waals surface area contributed by atoms with Crippen molar-refractivity contribution in [2.24, 2.45) is 24.8 Å². The second kappa shape index (κ2) is 5.46. The summed E-state index contributed by atoms with van der Waals surface area (Å²) in [7, 11) is 1.97. The van der Waals surface area contributed by atoms with Gasteiger partial charge in [-0.2, -0.15) is 15.0 Å². The van der Waals surface area contributed by atoms with Crippen LogP contribution in [0.5, 0.6) is 0 Å². The Morgan fingerprint density at radius 3 is 1.79 bits per heavy atom. The van der Waals surface area contributed by atoms with Crippen LogP contribution in [0, 0.1) is 17.8 Å². The first-order valence-electron chi connectivity index (χ1n) is 10.6. The Labute approximate surface area is 168 Å². The topological polar surface area (TPSA) is 30.7 Å². The summed E-state index contributed by atoms with van der Waals surface area (Å²) in [6, 6.07) is 0. The van der Waals surface area contributed by atoms with Gasteiger partial charge in [-0.15, -0.1) is 0 Å². The van der Waals surface area contributed by atoms with Crippen LogP contribution >= 0.6 is 0 Å². The Bertz CT molecular complexity index is 1110. The first-order valence-corrected chi connectivity index (χ1v) is 10.6. The second-order valence-electron chi connectivity index (χ2n) is 9.46. The number of hydrogen-bond donors (Lipinski definition) is 0. The van der Waals surface area contributed by atoms with E-state index >= 15 is 0 Å². The molecule has 0 radical (unpaired) electrons. The predicted molar refractivity (Wildman–Crippen MR) is 115 cm³/mol. The highest BCUT2D eigenvalue weighted by Gasteiger charge is 2.50. The molecule has 0 aliphatic heterocycles. The van der Waals surface area contributed by atoms with E-state index in [2.05, 4.69) is 55.4 Å². The summed E-state index contributed by atoms with van der Waals surface area (Å²) in [5.74, 6) is 1.78. The molecule has 28 heavy (non-hydrogen) atoms. The van der Waals surface area contributed by atoms with Gasteiger partial charge in [-0.25, -0.2) is 0 Å². The Hall–Kier alpha value is -2.16. The van der Waals surface area contributed by atoms with Gasteiger partial charge in [0.2, 0.25) is 0 Å². The molecule has 0 spiro atoms. The number of rotatable bonds is 0. The molecule has 0 fully saturated rings. The van der Waals surface area contributed by atoms with Gasteiger partial charge in [-0.05, 0) is 86.8 Å². The molecule has 0 bridgehead atoms. The van der Waals surface area contributed by atoms with Crippen molar-refractivity contribution in [1.82, 2.24) is 15.0 Å². The van der Waals surface area contributed by atoms with Gasteiger partial charge in [0, 0.05) is 24.5 Å². The van der Waals surface area contributed by atoms with Crippen LogP contribution in [0.25, 0.3) is 5.57 Å². The Balaban J connectivity index is 2.00. The highest BCUT2D eigenvalue weighted by atomic mass is 15.5. The van der Waals surface area contributed by atoms with Crippen molar-refractivity contribution in [2.45, 2.75) is 61.3 Å². The SMILES string of the molecule is CC1=C(C)C(C)C2C(C)=C(C)C3=C4C2=C1c1nn(C)nc1C4C(C)C(C)=C3C. The van der Waals surface area contributed by atoms with Crippen molar-refractivity contribution < 1.29 is 0 Å². The number of fused-ring (bicyclic) bond motifs is 3. The first-order chi connectivity index (χ1) is 13.2. The van der Waals surface area contributed by atoms with E-state index in [1.165, 1.54) is 44.7 Å². The zero-order valence-corrected chi connectivity index (χ0v) is 18.7. The Morgan fingerprint density at radius 2 is 1.14 bits per heavy atom. The molecule has 1 aromatic heterocycles. The molecule has 4 aliphatic carbocycles. The van der Waals surface area contributed by atoms with Crippen LogP contribution in [0.4, 0.5) is 0 Å². The fourth-order valence-electron chi connectivity index (χ4n) is 6.39. The van der Waals surface area contributed by atoms with E-state index < -0.39 is 0 Å². The molecule has 0 aromatic carbocycles. The van der Waals surface area contributed by atoms with E-state index in [0.717, 1.165) is 5.69 Å². The smallest absolute Gasteiger partial charge is 0.117 e. The van der Waals surface area contributed by atoms with Crippen LogP contribution in [0.15, 0.2) is 50.2 Å². The molecule has 146 valence electrons. The van der Waals surface area contributed by atoms with Crippen LogP contribution in [0.3, 0.4) is 0 Å². The lowest BCUT2D eigenvalue weighted by atomic mass is 9.55. The standard InChI is InChI=1S/C25H31N3/c1-10-12(3)18-16(7)17(8)19-13(4)11(2)15(6)21-23(19)22(18)20(14(10)5)24-25(21)27-28(9)26-24/h12,15,18,21H,1-9H3. The molecule has 0 N–H and O–H groups in total. The summed E-state index contributed by atoms with van der Waals surface area (Å²) < 4.78 is 0. The molecule has 4 atom stereocenters. The van der Waals surface area contributed by atoms with Gasteiger partial charge >= 0.3 is 0 Å². The average Bonchev–Trinajstić information content (AvgIpc) is 3.03. The third kappa shape index (κ3) is 1.86. The monoisotopic (exact) mass is 373 g/mol. The van der Waals surface area contributed by atoms with Crippen LogP contribution in [0.2, 0.25) is 0 Å². The number of aryl methyl sites for hydroxylation is 1. The van der Waals surface area contributed by atoms with Crippen LogP contribution in [-0.2, 0) is 7.05 Å². The van der Waals surface area contributed by atoms with Crippen LogP contribution in [0.1, 0.15) is 72.7 Å². The molecule has 0 saturated heterocycles. The molecule has 4 unspecified atom stereocenters. The second-order valence-corrected chi connectivity index (χ2v) is 9.46. The van der Waals surface area contributed by atoms with Crippen molar-refractivity contribution in [3.8, 4) is 0 Å². The normalized spacial score (nSPS) is 31.8. The summed E-state index contributed by atoms with van der Waals surface area (Å²) in [5.41, 5.74) is 17.2. The summed E-state index contributed by atoms with van der Waals surface area (Å²) in [6.07, 6.45) is 0. The van der Waals surface area contributed by atoms with Crippen molar-refractivity contribution in [3.05, 3.63) is 61.5 Å². The van der Waals surface area contributed by atoms with Crippen molar-refractivity contribution in [1.29, 1.82) is 0 Å². The lowest BCUT2D eigenvalue weighted by molar-refractivity contribution is 0.473. The molecule has 1 heterocycles. The third-order valence-electron chi connectivity index (χ3n) is 8.45. The van der Waals surface area contributed by atoms with Crippen molar-refractivity contribution >= 4 is 5.57 Å².